The predicted octanol–water partition coefficient (Wildman–Crippen LogP) is 3.06. The molecule has 0 saturated heterocycles. The molecule has 1 N–H and O–H groups in total. The van der Waals surface area contributed by atoms with Crippen LogP contribution >= 0.6 is 0 Å². The van der Waals surface area contributed by atoms with Gasteiger partial charge in [0.15, 0.2) is 11.6 Å². The molecule has 0 aliphatic heterocycles. The first-order valence-electron chi connectivity index (χ1n) is 5.25. The lowest BCUT2D eigenvalue weighted by atomic mass is 10.1. The van der Waals surface area contributed by atoms with Gasteiger partial charge in [-0.05, 0) is 31.0 Å². The summed E-state index contributed by atoms with van der Waals surface area (Å²) in [5.74, 6) is -0.155. The third kappa shape index (κ3) is 3.51. The minimum absolute atomic E-state index is 0.257. The van der Waals surface area contributed by atoms with Crippen molar-refractivity contribution < 1.29 is 14.2 Å². The lowest BCUT2D eigenvalue weighted by Gasteiger charge is -2.09. The van der Waals surface area contributed by atoms with Crippen molar-refractivity contribution in [2.24, 2.45) is 0 Å². The van der Waals surface area contributed by atoms with Crippen LogP contribution < -0.4 is 4.74 Å². The van der Waals surface area contributed by atoms with Crippen molar-refractivity contribution >= 4 is 0 Å². The van der Waals surface area contributed by atoms with Crippen molar-refractivity contribution in [2.75, 3.05) is 6.61 Å². The number of hydrogen-bond acceptors (Lipinski definition) is 2. The van der Waals surface area contributed by atoms with Gasteiger partial charge in [0, 0.05) is 0 Å². The predicted molar refractivity (Wildman–Crippen MR) is 57.4 cm³/mol. The summed E-state index contributed by atoms with van der Waals surface area (Å²) in [5, 5.41) is 9.25. The lowest BCUT2D eigenvalue weighted by Crippen LogP contribution is -2.00. The molecule has 0 radical (unpaired) electrons. The van der Waals surface area contributed by atoms with Crippen LogP contribution in [0, 0.1) is 5.82 Å². The first kappa shape index (κ1) is 12.0. The number of ether oxygens (including phenoxy) is 1. The third-order valence-corrected chi connectivity index (χ3v) is 2.19. The van der Waals surface area contributed by atoms with Crippen molar-refractivity contribution in [3.05, 3.63) is 29.6 Å². The minimum Gasteiger partial charge on any atom is -0.491 e. The molecule has 1 aromatic carbocycles. The molecule has 0 amide bonds. The van der Waals surface area contributed by atoms with Gasteiger partial charge in [-0.3, -0.25) is 0 Å². The zero-order valence-electron chi connectivity index (χ0n) is 9.16. The van der Waals surface area contributed by atoms with E-state index in [0.29, 0.717) is 12.2 Å². The van der Waals surface area contributed by atoms with E-state index >= 15 is 0 Å². The molecule has 0 heterocycles. The van der Waals surface area contributed by atoms with E-state index in [1.807, 2.05) is 0 Å². The zero-order chi connectivity index (χ0) is 11.3. The number of aliphatic hydroxyl groups excluding tert-OH is 1. The number of hydrogen-bond donors (Lipinski definition) is 1. The van der Waals surface area contributed by atoms with Gasteiger partial charge in [0.2, 0.25) is 0 Å². The maximum Gasteiger partial charge on any atom is 0.165 e. The summed E-state index contributed by atoms with van der Waals surface area (Å²) in [6.45, 7) is 4.18. The summed E-state index contributed by atoms with van der Waals surface area (Å²) in [4.78, 5) is 0. The Bertz CT molecular complexity index is 310. The SMILES string of the molecule is CCCCOc1ccc(C(C)O)cc1F. The largest absolute Gasteiger partial charge is 0.491 e. The Labute approximate surface area is 89.7 Å². The third-order valence-electron chi connectivity index (χ3n) is 2.19. The Kier molecular flexibility index (Phi) is 4.56. The summed E-state index contributed by atoms with van der Waals surface area (Å²) < 4.78 is 18.7. The summed E-state index contributed by atoms with van der Waals surface area (Å²) in [5.41, 5.74) is 0.565. The van der Waals surface area contributed by atoms with Crippen LogP contribution in [0.3, 0.4) is 0 Å². The summed E-state index contributed by atoms with van der Waals surface area (Å²) in [6.07, 6.45) is 1.29. The number of halogens is 1. The van der Waals surface area contributed by atoms with Crippen molar-refractivity contribution in [3.8, 4) is 5.75 Å². The van der Waals surface area contributed by atoms with E-state index in [0.717, 1.165) is 12.8 Å². The second-order valence-electron chi connectivity index (χ2n) is 3.57. The molecule has 1 aromatic rings. The Morgan fingerprint density at radius 1 is 1.47 bits per heavy atom. The molecular weight excluding hydrogens is 195 g/mol. The lowest BCUT2D eigenvalue weighted by molar-refractivity contribution is 0.198. The van der Waals surface area contributed by atoms with Crippen molar-refractivity contribution in [2.45, 2.75) is 32.8 Å². The molecule has 84 valence electrons. The van der Waals surface area contributed by atoms with Crippen LogP contribution in [0.1, 0.15) is 38.4 Å². The second kappa shape index (κ2) is 5.71. The zero-order valence-corrected chi connectivity index (χ0v) is 9.16. The first-order chi connectivity index (χ1) is 7.15. The van der Waals surface area contributed by atoms with Crippen LogP contribution in [0.25, 0.3) is 0 Å². The van der Waals surface area contributed by atoms with Crippen LogP contribution in [0.15, 0.2) is 18.2 Å². The van der Waals surface area contributed by atoms with Gasteiger partial charge >= 0.3 is 0 Å². The van der Waals surface area contributed by atoms with Gasteiger partial charge in [-0.25, -0.2) is 4.39 Å². The molecule has 0 spiro atoms. The van der Waals surface area contributed by atoms with Crippen molar-refractivity contribution in [1.29, 1.82) is 0 Å². The van der Waals surface area contributed by atoms with E-state index < -0.39 is 11.9 Å². The maximum absolute atomic E-state index is 13.4. The highest BCUT2D eigenvalue weighted by Gasteiger charge is 2.07. The fourth-order valence-corrected chi connectivity index (χ4v) is 1.22. The molecule has 0 aromatic heterocycles. The fraction of sp³-hybridized carbons (Fsp3) is 0.500. The molecule has 1 rings (SSSR count). The molecule has 15 heavy (non-hydrogen) atoms. The van der Waals surface area contributed by atoms with Crippen LogP contribution in [0.5, 0.6) is 5.75 Å². The smallest absolute Gasteiger partial charge is 0.165 e. The Hall–Kier alpha value is -1.09. The quantitative estimate of drug-likeness (QED) is 0.760. The number of rotatable bonds is 5. The number of unbranched alkanes of at least 4 members (excludes halogenated alkanes) is 1. The average molecular weight is 212 g/mol. The molecule has 0 fully saturated rings. The summed E-state index contributed by atoms with van der Waals surface area (Å²) >= 11 is 0. The van der Waals surface area contributed by atoms with Gasteiger partial charge in [0.05, 0.1) is 12.7 Å². The maximum atomic E-state index is 13.4. The monoisotopic (exact) mass is 212 g/mol. The number of aliphatic hydroxyl groups is 1. The second-order valence-corrected chi connectivity index (χ2v) is 3.57. The van der Waals surface area contributed by atoms with Crippen LogP contribution in [-0.4, -0.2) is 11.7 Å². The molecule has 0 aliphatic rings. The van der Waals surface area contributed by atoms with Crippen LogP contribution in [0.4, 0.5) is 4.39 Å². The fourth-order valence-electron chi connectivity index (χ4n) is 1.22. The molecular formula is C12H17FO2. The standard InChI is InChI=1S/C12H17FO2/c1-3-4-7-15-12-6-5-10(9(2)14)8-11(12)13/h5-6,8-9,14H,3-4,7H2,1-2H3. The van der Waals surface area contributed by atoms with Crippen molar-refractivity contribution in [3.63, 3.8) is 0 Å². The average Bonchev–Trinajstić information content (AvgIpc) is 2.20. The molecule has 0 saturated carbocycles. The molecule has 0 bridgehead atoms. The Balaban J connectivity index is 2.66. The topological polar surface area (TPSA) is 29.5 Å². The van der Waals surface area contributed by atoms with E-state index in [2.05, 4.69) is 6.92 Å². The summed E-state index contributed by atoms with van der Waals surface area (Å²) in [7, 11) is 0. The summed E-state index contributed by atoms with van der Waals surface area (Å²) in [6, 6.07) is 4.55. The van der Waals surface area contributed by atoms with E-state index in [9.17, 15) is 9.50 Å². The normalized spacial score (nSPS) is 12.5. The molecule has 3 heteroatoms. The van der Waals surface area contributed by atoms with Gasteiger partial charge in [-0.2, -0.15) is 0 Å². The van der Waals surface area contributed by atoms with Gasteiger partial charge in [0.25, 0.3) is 0 Å². The minimum atomic E-state index is -0.649. The van der Waals surface area contributed by atoms with Gasteiger partial charge in [0.1, 0.15) is 0 Å². The van der Waals surface area contributed by atoms with Crippen molar-refractivity contribution in [1.82, 2.24) is 0 Å². The van der Waals surface area contributed by atoms with Gasteiger partial charge in [-0.1, -0.05) is 19.4 Å². The van der Waals surface area contributed by atoms with E-state index in [1.165, 1.54) is 6.07 Å². The van der Waals surface area contributed by atoms with E-state index in [4.69, 9.17) is 4.74 Å². The highest BCUT2D eigenvalue weighted by Crippen LogP contribution is 2.22. The highest BCUT2D eigenvalue weighted by molar-refractivity contribution is 5.30. The molecule has 0 aliphatic carbocycles. The first-order valence-corrected chi connectivity index (χ1v) is 5.25. The van der Waals surface area contributed by atoms with Gasteiger partial charge < -0.3 is 9.84 Å². The molecule has 2 nitrogen and oxygen atoms in total. The molecule has 1 atom stereocenters. The van der Waals surface area contributed by atoms with Crippen LogP contribution in [0.2, 0.25) is 0 Å². The van der Waals surface area contributed by atoms with Gasteiger partial charge in [-0.15, -0.1) is 0 Å². The van der Waals surface area contributed by atoms with E-state index in [1.54, 1.807) is 19.1 Å². The number of benzene rings is 1. The van der Waals surface area contributed by atoms with Crippen LogP contribution in [-0.2, 0) is 0 Å². The highest BCUT2D eigenvalue weighted by atomic mass is 19.1. The Morgan fingerprint density at radius 3 is 2.73 bits per heavy atom. The van der Waals surface area contributed by atoms with E-state index in [-0.39, 0.29) is 5.75 Å². The molecule has 1 unspecified atom stereocenters. The Morgan fingerprint density at radius 2 is 2.20 bits per heavy atom.